The molecule has 0 radical (unpaired) electrons. The van der Waals surface area contributed by atoms with Gasteiger partial charge in [0.05, 0.1) is 6.61 Å². The van der Waals surface area contributed by atoms with Crippen molar-refractivity contribution in [2.24, 2.45) is 0 Å². The summed E-state index contributed by atoms with van der Waals surface area (Å²) in [5, 5.41) is 8.01. The van der Waals surface area contributed by atoms with Crippen molar-refractivity contribution in [1.82, 2.24) is 0 Å². The Hall–Kier alpha value is 2.17. The van der Waals surface area contributed by atoms with Crippen LogP contribution in [0.1, 0.15) is 0 Å². The van der Waals surface area contributed by atoms with Crippen molar-refractivity contribution >= 4 is 51.3 Å². The molecule has 82 valence electrons. The zero-order valence-corrected chi connectivity index (χ0v) is 13.1. The zero-order valence-electron chi connectivity index (χ0n) is 6.87. The first-order valence-electron chi connectivity index (χ1n) is 2.48. The summed E-state index contributed by atoms with van der Waals surface area (Å²) < 4.78 is 20.6. The van der Waals surface area contributed by atoms with Crippen molar-refractivity contribution < 1.29 is 57.9 Å². The van der Waals surface area contributed by atoms with Crippen LogP contribution < -0.4 is 34.5 Å². The summed E-state index contributed by atoms with van der Waals surface area (Å²) in [6.45, 7) is -0.433. The first kappa shape index (κ1) is 21.5. The number of aliphatic hydroxyl groups is 1. The van der Waals surface area contributed by atoms with E-state index in [0.29, 0.717) is 0 Å². The van der Waals surface area contributed by atoms with Gasteiger partial charge in [-0.05, 0) is 0 Å². The molecule has 2 N–H and O–H groups in total. The molecule has 0 saturated carbocycles. The molecule has 12 heteroatoms. The van der Waals surface area contributed by atoms with Crippen LogP contribution in [0.3, 0.4) is 0 Å². The standard InChI is InChI=1S/C2H3Cl3O.Na.H4O5P2/c3-2(4,5)1-6;;1-6(2)5-7(3)4/h6H,1H2;;6-7H,(H,1,2)(H,3,4)/q;+1;/p-1. The van der Waals surface area contributed by atoms with E-state index >= 15 is 0 Å². The molecule has 0 fully saturated rings. The molecule has 0 aliphatic heterocycles. The first-order chi connectivity index (χ1) is 5.69. The molecule has 6 nitrogen and oxygen atoms in total. The molecule has 0 rings (SSSR count). The van der Waals surface area contributed by atoms with Crippen molar-refractivity contribution in [3.8, 4) is 0 Å². The van der Waals surface area contributed by atoms with Crippen LogP contribution in [-0.2, 0) is 13.4 Å². The van der Waals surface area contributed by atoms with Crippen molar-refractivity contribution in [1.29, 1.82) is 0 Å². The number of halogens is 3. The molecule has 0 aliphatic rings. The fourth-order valence-electron chi connectivity index (χ4n) is 0.0713. The van der Waals surface area contributed by atoms with Crippen LogP contribution in [0.4, 0.5) is 0 Å². The Labute approximate surface area is 119 Å². The number of hydrogen-bond donors (Lipinski definition) is 2. The van der Waals surface area contributed by atoms with Gasteiger partial charge in [0.25, 0.3) is 0 Å². The number of alkyl halides is 3. The summed E-state index contributed by atoms with van der Waals surface area (Å²) >= 11 is 15.0. The van der Waals surface area contributed by atoms with Gasteiger partial charge < -0.3 is 19.5 Å². The van der Waals surface area contributed by atoms with Crippen molar-refractivity contribution in [3.05, 3.63) is 0 Å². The van der Waals surface area contributed by atoms with Gasteiger partial charge in [-0.1, -0.05) is 34.8 Å². The van der Waals surface area contributed by atoms with Gasteiger partial charge >= 0.3 is 37.8 Å². The van der Waals surface area contributed by atoms with E-state index in [-0.39, 0.29) is 29.6 Å². The van der Waals surface area contributed by atoms with Gasteiger partial charge in [-0.2, -0.15) is 0 Å². The maximum Gasteiger partial charge on any atom is 1.00 e. The minimum atomic E-state index is -3.45. The Bertz CT molecular complexity index is 172. The molecule has 0 amide bonds. The Balaban J connectivity index is -0.000000163. The zero-order chi connectivity index (χ0) is 11.1. The second kappa shape index (κ2) is 11.6. The normalized spacial score (nSPS) is 14.4. The van der Waals surface area contributed by atoms with Gasteiger partial charge in [-0.15, -0.1) is 0 Å². The predicted molar refractivity (Wildman–Crippen MR) is 48.7 cm³/mol. The fraction of sp³-hybridized carbons (Fsp3) is 1.00. The maximum absolute atomic E-state index is 9.40. The molecule has 0 spiro atoms. The Morgan fingerprint density at radius 3 is 1.64 bits per heavy atom. The molecule has 0 bridgehead atoms. The summed E-state index contributed by atoms with van der Waals surface area (Å²) in [6.07, 6.45) is 0. The van der Waals surface area contributed by atoms with E-state index in [1.54, 1.807) is 0 Å². The largest absolute Gasteiger partial charge is 1.00 e. The van der Waals surface area contributed by atoms with E-state index < -0.39 is 26.9 Å². The maximum atomic E-state index is 9.40. The van der Waals surface area contributed by atoms with E-state index in [1.165, 1.54) is 0 Å². The summed E-state index contributed by atoms with van der Waals surface area (Å²) in [6, 6.07) is 0. The number of rotatable bonds is 2. The SMILES string of the molecule is O=[PH]([O-])O[PH](=O)O.OCC(Cl)(Cl)Cl.[Na+]. The quantitative estimate of drug-likeness (QED) is 0.331. The Kier molecular flexibility index (Phi) is 17.9. The van der Waals surface area contributed by atoms with Crippen LogP contribution in [0.2, 0.25) is 0 Å². The van der Waals surface area contributed by atoms with Gasteiger partial charge in [0.2, 0.25) is 3.79 Å². The van der Waals surface area contributed by atoms with Gasteiger partial charge in [-0.25, -0.2) is 0 Å². The first-order valence-corrected chi connectivity index (χ1v) is 6.10. The third-order valence-electron chi connectivity index (χ3n) is 0.350. The number of hydrogen-bond acceptors (Lipinski definition) is 5. The molecule has 0 heterocycles. The van der Waals surface area contributed by atoms with Crippen LogP contribution in [-0.4, -0.2) is 20.4 Å². The second-order valence-corrected chi connectivity index (χ2v) is 5.76. The molecule has 0 aromatic carbocycles. The molecule has 0 aliphatic carbocycles. The monoisotopic (exact) mass is 316 g/mol. The van der Waals surface area contributed by atoms with E-state index in [2.05, 4.69) is 4.31 Å². The van der Waals surface area contributed by atoms with E-state index in [4.69, 9.17) is 44.8 Å². The molecule has 2 unspecified atom stereocenters. The molecule has 14 heavy (non-hydrogen) atoms. The predicted octanol–water partition coefficient (Wildman–Crippen LogP) is -2.51. The summed E-state index contributed by atoms with van der Waals surface area (Å²) in [7, 11) is -6.72. The van der Waals surface area contributed by atoms with E-state index in [1.807, 2.05) is 0 Å². The van der Waals surface area contributed by atoms with Gasteiger partial charge in [0, 0.05) is 0 Å². The third kappa shape index (κ3) is 29.2. The van der Waals surface area contributed by atoms with E-state index in [9.17, 15) is 14.0 Å². The van der Waals surface area contributed by atoms with Crippen LogP contribution in [0.15, 0.2) is 0 Å². The molecular weight excluding hydrogens is 311 g/mol. The molecule has 0 saturated heterocycles. The summed E-state index contributed by atoms with van der Waals surface area (Å²) in [4.78, 5) is 17.0. The molecular formula is C2H6Cl3NaO6P2. The Morgan fingerprint density at radius 1 is 1.36 bits per heavy atom. The Morgan fingerprint density at radius 2 is 1.64 bits per heavy atom. The van der Waals surface area contributed by atoms with Crippen molar-refractivity contribution in [2.75, 3.05) is 6.61 Å². The third-order valence-corrected chi connectivity index (χ3v) is 2.07. The van der Waals surface area contributed by atoms with E-state index in [0.717, 1.165) is 0 Å². The van der Waals surface area contributed by atoms with Crippen LogP contribution in [0, 0.1) is 0 Å². The molecule has 0 aromatic rings. The summed E-state index contributed by atoms with van der Waals surface area (Å²) in [5.41, 5.74) is 0. The topological polar surface area (TPSA) is 107 Å². The molecule has 0 aromatic heterocycles. The average molecular weight is 317 g/mol. The minimum absolute atomic E-state index is 0. The van der Waals surface area contributed by atoms with Crippen molar-refractivity contribution in [2.45, 2.75) is 3.79 Å². The second-order valence-electron chi connectivity index (χ2n) is 1.39. The molecule has 2 atom stereocenters. The van der Waals surface area contributed by atoms with Crippen LogP contribution in [0.5, 0.6) is 0 Å². The van der Waals surface area contributed by atoms with Gasteiger partial charge in [0.1, 0.15) is 8.25 Å². The summed E-state index contributed by atoms with van der Waals surface area (Å²) in [5.74, 6) is 0. The fourth-order valence-corrected chi connectivity index (χ4v) is 0.642. The smallest absolute Gasteiger partial charge is 0.781 e. The van der Waals surface area contributed by atoms with Gasteiger partial charge in [0.15, 0.2) is 0 Å². The van der Waals surface area contributed by atoms with Crippen LogP contribution in [0.25, 0.3) is 0 Å². The van der Waals surface area contributed by atoms with Gasteiger partial charge in [-0.3, -0.25) is 8.88 Å². The average Bonchev–Trinajstić information content (AvgIpc) is 1.84. The van der Waals surface area contributed by atoms with Crippen LogP contribution >= 0.6 is 51.3 Å². The van der Waals surface area contributed by atoms with Crippen molar-refractivity contribution in [3.63, 3.8) is 0 Å². The minimum Gasteiger partial charge on any atom is -0.781 e. The number of aliphatic hydroxyl groups excluding tert-OH is 1.